The molecule has 0 bridgehead atoms. The van der Waals surface area contributed by atoms with Crippen LogP contribution in [0.15, 0.2) is 36.7 Å². The molecule has 0 spiro atoms. The van der Waals surface area contributed by atoms with Crippen LogP contribution in [-0.4, -0.2) is 9.97 Å². The molecule has 2 rings (SSSR count). The SMILES string of the molecule is Fc1cnc(-c2ccccc2Cl)nc1. The van der Waals surface area contributed by atoms with Crippen LogP contribution in [0.5, 0.6) is 0 Å². The van der Waals surface area contributed by atoms with E-state index in [-0.39, 0.29) is 0 Å². The quantitative estimate of drug-likeness (QED) is 0.720. The molecule has 0 radical (unpaired) electrons. The van der Waals surface area contributed by atoms with E-state index in [1.807, 2.05) is 12.1 Å². The summed E-state index contributed by atoms with van der Waals surface area (Å²) in [5.74, 6) is -0.0298. The van der Waals surface area contributed by atoms with Crippen LogP contribution < -0.4 is 0 Å². The summed E-state index contributed by atoms with van der Waals surface area (Å²) in [6.07, 6.45) is 2.23. The highest BCUT2D eigenvalue weighted by atomic mass is 35.5. The summed E-state index contributed by atoms with van der Waals surface area (Å²) in [5.41, 5.74) is 0.703. The van der Waals surface area contributed by atoms with Gasteiger partial charge in [0.25, 0.3) is 0 Å². The molecule has 14 heavy (non-hydrogen) atoms. The van der Waals surface area contributed by atoms with Crippen molar-refractivity contribution in [2.45, 2.75) is 0 Å². The number of benzene rings is 1. The predicted octanol–water partition coefficient (Wildman–Crippen LogP) is 2.94. The Morgan fingerprint density at radius 3 is 2.36 bits per heavy atom. The Kier molecular flexibility index (Phi) is 2.41. The molecule has 4 heteroatoms. The standard InChI is InChI=1S/C10H6ClFN2/c11-9-4-2-1-3-8(9)10-13-5-7(12)6-14-10/h1-6H. The average molecular weight is 209 g/mol. The summed E-state index contributed by atoms with van der Waals surface area (Å²) in [6, 6.07) is 7.17. The first-order chi connectivity index (χ1) is 6.77. The fourth-order valence-corrected chi connectivity index (χ4v) is 1.31. The fraction of sp³-hybridized carbons (Fsp3) is 0. The molecular formula is C10H6ClFN2. The number of halogens is 2. The third kappa shape index (κ3) is 1.72. The maximum Gasteiger partial charge on any atom is 0.160 e. The number of nitrogens with zero attached hydrogens (tertiary/aromatic N) is 2. The smallest absolute Gasteiger partial charge is 0.160 e. The molecule has 1 heterocycles. The third-order valence-corrected chi connectivity index (χ3v) is 2.06. The van der Waals surface area contributed by atoms with Gasteiger partial charge in [0.05, 0.1) is 17.4 Å². The van der Waals surface area contributed by atoms with E-state index in [1.54, 1.807) is 12.1 Å². The Morgan fingerprint density at radius 2 is 1.71 bits per heavy atom. The lowest BCUT2D eigenvalue weighted by Crippen LogP contribution is -1.89. The largest absolute Gasteiger partial charge is 0.233 e. The van der Waals surface area contributed by atoms with Crippen molar-refractivity contribution in [2.24, 2.45) is 0 Å². The van der Waals surface area contributed by atoms with Crippen molar-refractivity contribution in [3.8, 4) is 11.4 Å². The summed E-state index contributed by atoms with van der Waals surface area (Å²) < 4.78 is 12.5. The molecule has 0 unspecified atom stereocenters. The van der Waals surface area contributed by atoms with E-state index in [1.165, 1.54) is 0 Å². The highest BCUT2D eigenvalue weighted by Crippen LogP contribution is 2.23. The summed E-state index contributed by atoms with van der Waals surface area (Å²) in [4.78, 5) is 7.68. The zero-order chi connectivity index (χ0) is 9.97. The van der Waals surface area contributed by atoms with Crippen molar-refractivity contribution in [2.75, 3.05) is 0 Å². The molecule has 0 saturated carbocycles. The third-order valence-electron chi connectivity index (χ3n) is 1.74. The minimum atomic E-state index is -0.458. The van der Waals surface area contributed by atoms with Gasteiger partial charge in [-0.3, -0.25) is 0 Å². The second-order valence-corrected chi connectivity index (χ2v) is 3.11. The fourth-order valence-electron chi connectivity index (χ4n) is 1.09. The topological polar surface area (TPSA) is 25.8 Å². The van der Waals surface area contributed by atoms with Crippen molar-refractivity contribution in [3.05, 3.63) is 47.5 Å². The van der Waals surface area contributed by atoms with Crippen molar-refractivity contribution < 1.29 is 4.39 Å². The zero-order valence-corrected chi connectivity index (χ0v) is 7.87. The van der Waals surface area contributed by atoms with E-state index in [0.29, 0.717) is 16.4 Å². The first-order valence-corrected chi connectivity index (χ1v) is 4.37. The molecule has 0 aliphatic rings. The lowest BCUT2D eigenvalue weighted by atomic mass is 10.2. The van der Waals surface area contributed by atoms with Crippen LogP contribution in [0.3, 0.4) is 0 Å². The molecule has 0 atom stereocenters. The number of rotatable bonds is 1. The van der Waals surface area contributed by atoms with Gasteiger partial charge in [0.15, 0.2) is 11.6 Å². The lowest BCUT2D eigenvalue weighted by molar-refractivity contribution is 0.614. The van der Waals surface area contributed by atoms with Crippen molar-refractivity contribution in [1.29, 1.82) is 0 Å². The normalized spacial score (nSPS) is 10.1. The summed E-state index contributed by atoms with van der Waals surface area (Å²) in [6.45, 7) is 0. The van der Waals surface area contributed by atoms with Gasteiger partial charge in [0, 0.05) is 5.56 Å². The Labute approximate surface area is 85.4 Å². The van der Waals surface area contributed by atoms with Crippen LogP contribution in [0.25, 0.3) is 11.4 Å². The van der Waals surface area contributed by atoms with E-state index in [0.717, 1.165) is 12.4 Å². The van der Waals surface area contributed by atoms with Gasteiger partial charge in [0.2, 0.25) is 0 Å². The molecule has 2 nitrogen and oxygen atoms in total. The van der Waals surface area contributed by atoms with Gasteiger partial charge < -0.3 is 0 Å². The van der Waals surface area contributed by atoms with E-state index in [9.17, 15) is 4.39 Å². The molecule has 0 fully saturated rings. The van der Waals surface area contributed by atoms with Crippen LogP contribution in [0.2, 0.25) is 5.02 Å². The first kappa shape index (κ1) is 9.09. The Balaban J connectivity index is 2.50. The number of hydrogen-bond acceptors (Lipinski definition) is 2. The Bertz CT molecular complexity index is 442. The van der Waals surface area contributed by atoms with E-state index in [2.05, 4.69) is 9.97 Å². The van der Waals surface area contributed by atoms with Crippen LogP contribution in [-0.2, 0) is 0 Å². The molecule has 2 aromatic rings. The second kappa shape index (κ2) is 3.72. The highest BCUT2D eigenvalue weighted by molar-refractivity contribution is 6.33. The summed E-state index contributed by atoms with van der Waals surface area (Å²) >= 11 is 5.92. The van der Waals surface area contributed by atoms with Gasteiger partial charge in [-0.1, -0.05) is 23.7 Å². The summed E-state index contributed by atoms with van der Waals surface area (Å²) in [7, 11) is 0. The van der Waals surface area contributed by atoms with E-state index < -0.39 is 5.82 Å². The first-order valence-electron chi connectivity index (χ1n) is 4.00. The lowest BCUT2D eigenvalue weighted by Gasteiger charge is -2.00. The van der Waals surface area contributed by atoms with Gasteiger partial charge in [0.1, 0.15) is 0 Å². The van der Waals surface area contributed by atoms with Gasteiger partial charge in [-0.2, -0.15) is 0 Å². The molecule has 1 aromatic heterocycles. The van der Waals surface area contributed by atoms with Crippen LogP contribution in [0.4, 0.5) is 4.39 Å². The van der Waals surface area contributed by atoms with Crippen LogP contribution in [0, 0.1) is 5.82 Å². The Hall–Kier alpha value is -1.48. The molecule has 0 aliphatic heterocycles. The molecule has 70 valence electrons. The maximum absolute atomic E-state index is 12.5. The molecule has 0 saturated heterocycles. The maximum atomic E-state index is 12.5. The van der Waals surface area contributed by atoms with E-state index in [4.69, 9.17) is 11.6 Å². The molecule has 0 aliphatic carbocycles. The average Bonchev–Trinajstić information content (AvgIpc) is 2.20. The predicted molar refractivity (Wildman–Crippen MR) is 52.4 cm³/mol. The second-order valence-electron chi connectivity index (χ2n) is 2.70. The monoisotopic (exact) mass is 208 g/mol. The van der Waals surface area contributed by atoms with E-state index >= 15 is 0 Å². The zero-order valence-electron chi connectivity index (χ0n) is 7.11. The van der Waals surface area contributed by atoms with Crippen molar-refractivity contribution in [3.63, 3.8) is 0 Å². The minimum absolute atomic E-state index is 0.428. The highest BCUT2D eigenvalue weighted by Gasteiger charge is 2.04. The van der Waals surface area contributed by atoms with Gasteiger partial charge >= 0.3 is 0 Å². The molecular weight excluding hydrogens is 203 g/mol. The molecule has 0 N–H and O–H groups in total. The van der Waals surface area contributed by atoms with Gasteiger partial charge in [-0.05, 0) is 12.1 Å². The summed E-state index contributed by atoms with van der Waals surface area (Å²) in [5, 5.41) is 0.555. The van der Waals surface area contributed by atoms with Gasteiger partial charge in [-0.15, -0.1) is 0 Å². The minimum Gasteiger partial charge on any atom is -0.233 e. The molecule has 1 aromatic carbocycles. The van der Waals surface area contributed by atoms with Crippen molar-refractivity contribution >= 4 is 11.6 Å². The number of hydrogen-bond donors (Lipinski definition) is 0. The van der Waals surface area contributed by atoms with Gasteiger partial charge in [-0.25, -0.2) is 14.4 Å². The number of aromatic nitrogens is 2. The Morgan fingerprint density at radius 1 is 1.07 bits per heavy atom. The van der Waals surface area contributed by atoms with Crippen molar-refractivity contribution in [1.82, 2.24) is 9.97 Å². The van der Waals surface area contributed by atoms with Crippen LogP contribution >= 0.6 is 11.6 Å². The van der Waals surface area contributed by atoms with Crippen LogP contribution in [0.1, 0.15) is 0 Å². The molecule has 0 amide bonds.